The predicted octanol–water partition coefficient (Wildman–Crippen LogP) is 7.71. The van der Waals surface area contributed by atoms with E-state index in [4.69, 9.17) is 14.0 Å². The zero-order chi connectivity index (χ0) is 31.5. The molecule has 0 saturated carbocycles. The van der Waals surface area contributed by atoms with Crippen molar-refractivity contribution in [2.24, 2.45) is 10.9 Å². The van der Waals surface area contributed by atoms with Crippen molar-refractivity contribution in [1.29, 1.82) is 0 Å². The number of benzene rings is 1. The first-order valence-corrected chi connectivity index (χ1v) is 15.8. The fraction of sp³-hybridized carbons (Fsp3) is 0.667. The largest absolute Gasteiger partial charge is 0.444 e. The number of nitrogens with one attached hydrogen (secondary N) is 1. The summed E-state index contributed by atoms with van der Waals surface area (Å²) >= 11 is 0. The number of carbonyl (C=O) groups excluding carboxylic acids is 2. The average molecular weight is 598 g/mol. The number of ether oxygens (including phenoxy) is 2. The standard InChI is InChI=1S/C33H51N5O5/c1-8-9-10-11-12-13-14-15-16-24-17-19-26(20-18-24)28-34-27(43-37-28)21-25-22-38(23-25)29(35-30(39)41-32(2,3)4)36-31(40)42-33(5,6)7/h17-20,25H,8-16,21-23H2,1-7H3,(H,35,36,39,40). The third-order valence-corrected chi connectivity index (χ3v) is 6.92. The van der Waals surface area contributed by atoms with Gasteiger partial charge in [-0.2, -0.15) is 4.98 Å². The highest BCUT2D eigenvalue weighted by atomic mass is 16.6. The van der Waals surface area contributed by atoms with E-state index in [2.05, 4.69) is 51.6 Å². The van der Waals surface area contributed by atoms with E-state index in [1.165, 1.54) is 56.9 Å². The second-order valence-electron chi connectivity index (χ2n) is 13.5. The molecule has 0 radical (unpaired) electrons. The molecule has 1 aliphatic heterocycles. The second-order valence-corrected chi connectivity index (χ2v) is 13.5. The number of alkyl carbamates (subject to hydrolysis) is 1. The van der Waals surface area contributed by atoms with Crippen LogP contribution in [0.25, 0.3) is 11.4 Å². The first kappa shape index (κ1) is 34.1. The van der Waals surface area contributed by atoms with Gasteiger partial charge in [-0.1, -0.05) is 81.3 Å². The van der Waals surface area contributed by atoms with Crippen LogP contribution < -0.4 is 5.32 Å². The fourth-order valence-corrected chi connectivity index (χ4v) is 4.80. The normalized spacial score (nSPS) is 14.4. The number of aliphatic imine (C=N–C) groups is 1. The van der Waals surface area contributed by atoms with E-state index in [1.54, 1.807) is 46.4 Å². The van der Waals surface area contributed by atoms with Gasteiger partial charge in [0.25, 0.3) is 0 Å². The van der Waals surface area contributed by atoms with Gasteiger partial charge in [0, 0.05) is 31.0 Å². The van der Waals surface area contributed by atoms with Gasteiger partial charge in [-0.15, -0.1) is 4.99 Å². The maximum Gasteiger partial charge on any atom is 0.437 e. The van der Waals surface area contributed by atoms with Crippen molar-refractivity contribution in [2.75, 3.05) is 13.1 Å². The third kappa shape index (κ3) is 12.8. The quantitative estimate of drug-likeness (QED) is 0.150. The number of amides is 2. The lowest BCUT2D eigenvalue weighted by molar-refractivity contribution is 0.0542. The summed E-state index contributed by atoms with van der Waals surface area (Å²) < 4.78 is 16.2. The van der Waals surface area contributed by atoms with Crippen LogP contribution in [0.5, 0.6) is 0 Å². The Morgan fingerprint density at radius 1 is 0.930 bits per heavy atom. The maximum absolute atomic E-state index is 12.4. The minimum absolute atomic E-state index is 0.0954. The van der Waals surface area contributed by atoms with E-state index in [1.807, 2.05) is 0 Å². The van der Waals surface area contributed by atoms with Crippen molar-refractivity contribution in [3.63, 3.8) is 0 Å². The van der Waals surface area contributed by atoms with E-state index in [0.717, 1.165) is 12.0 Å². The van der Waals surface area contributed by atoms with Crippen LogP contribution in [0.1, 0.15) is 111 Å². The lowest BCUT2D eigenvalue weighted by atomic mass is 9.97. The highest BCUT2D eigenvalue weighted by Gasteiger charge is 2.33. The number of carbonyl (C=O) groups is 2. The summed E-state index contributed by atoms with van der Waals surface area (Å²) in [5.41, 5.74) is 0.857. The van der Waals surface area contributed by atoms with Crippen LogP contribution in [0.15, 0.2) is 33.8 Å². The number of aryl methyl sites for hydroxylation is 1. The Morgan fingerprint density at radius 2 is 1.53 bits per heavy atom. The summed E-state index contributed by atoms with van der Waals surface area (Å²) in [7, 11) is 0. The highest BCUT2D eigenvalue weighted by molar-refractivity contribution is 5.99. The van der Waals surface area contributed by atoms with Gasteiger partial charge in [0.1, 0.15) is 11.2 Å². The molecule has 0 spiro atoms. The third-order valence-electron chi connectivity index (χ3n) is 6.92. The Balaban J connectivity index is 1.48. The molecule has 1 aliphatic rings. The Kier molecular flexibility index (Phi) is 12.6. The molecule has 10 nitrogen and oxygen atoms in total. The van der Waals surface area contributed by atoms with Gasteiger partial charge in [-0.05, 0) is 59.9 Å². The number of nitrogens with zero attached hydrogens (tertiary/aromatic N) is 4. The molecule has 3 rings (SSSR count). The van der Waals surface area contributed by atoms with E-state index in [-0.39, 0.29) is 11.9 Å². The molecule has 43 heavy (non-hydrogen) atoms. The minimum Gasteiger partial charge on any atom is -0.444 e. The smallest absolute Gasteiger partial charge is 0.437 e. The summed E-state index contributed by atoms with van der Waals surface area (Å²) in [5.74, 6) is 1.40. The predicted molar refractivity (Wildman–Crippen MR) is 168 cm³/mol. The summed E-state index contributed by atoms with van der Waals surface area (Å²) in [6.07, 6.45) is 10.8. The molecule has 1 aromatic heterocycles. The van der Waals surface area contributed by atoms with Gasteiger partial charge in [-0.25, -0.2) is 9.59 Å². The molecule has 2 aromatic rings. The maximum atomic E-state index is 12.4. The fourth-order valence-electron chi connectivity index (χ4n) is 4.80. The van der Waals surface area contributed by atoms with E-state index in [0.29, 0.717) is 31.2 Å². The summed E-state index contributed by atoms with van der Waals surface area (Å²) in [4.78, 5) is 35.2. The molecular weight excluding hydrogens is 546 g/mol. The average Bonchev–Trinajstić information content (AvgIpc) is 3.34. The van der Waals surface area contributed by atoms with Crippen LogP contribution >= 0.6 is 0 Å². The topological polar surface area (TPSA) is 119 Å². The molecule has 0 atom stereocenters. The number of rotatable bonds is 12. The van der Waals surface area contributed by atoms with E-state index < -0.39 is 23.4 Å². The summed E-state index contributed by atoms with van der Waals surface area (Å²) in [5, 5.41) is 6.78. The van der Waals surface area contributed by atoms with Crippen molar-refractivity contribution in [3.05, 3.63) is 35.7 Å². The van der Waals surface area contributed by atoms with Crippen LogP contribution in [0, 0.1) is 5.92 Å². The molecule has 1 saturated heterocycles. The monoisotopic (exact) mass is 597 g/mol. The first-order valence-electron chi connectivity index (χ1n) is 15.8. The van der Waals surface area contributed by atoms with Crippen LogP contribution in [0.4, 0.5) is 9.59 Å². The number of likely N-dealkylation sites (tertiary alicyclic amines) is 1. The van der Waals surface area contributed by atoms with Crippen molar-refractivity contribution >= 4 is 18.1 Å². The molecule has 238 valence electrons. The highest BCUT2D eigenvalue weighted by Crippen LogP contribution is 2.23. The summed E-state index contributed by atoms with van der Waals surface area (Å²) in [6, 6.07) is 8.42. The SMILES string of the molecule is CCCCCCCCCCc1ccc(-c2noc(CC3CN(C(=NC(=O)OC(C)(C)C)NC(=O)OC(C)(C)C)C3)n2)cc1. The Bertz CT molecular complexity index is 1190. The van der Waals surface area contributed by atoms with Gasteiger partial charge < -0.3 is 18.9 Å². The Labute approximate surface area is 257 Å². The molecule has 0 unspecified atom stereocenters. The molecule has 0 bridgehead atoms. The Hall–Kier alpha value is -3.43. The van der Waals surface area contributed by atoms with Crippen molar-refractivity contribution in [2.45, 2.75) is 124 Å². The molecule has 1 N–H and O–H groups in total. The molecule has 1 fully saturated rings. The van der Waals surface area contributed by atoms with Crippen LogP contribution in [0.2, 0.25) is 0 Å². The van der Waals surface area contributed by atoms with Crippen LogP contribution in [0.3, 0.4) is 0 Å². The number of aromatic nitrogens is 2. The lowest BCUT2D eigenvalue weighted by Gasteiger charge is -2.40. The van der Waals surface area contributed by atoms with Crippen LogP contribution in [-0.4, -0.2) is 57.5 Å². The molecule has 2 heterocycles. The van der Waals surface area contributed by atoms with Crippen molar-refractivity contribution in [3.8, 4) is 11.4 Å². The van der Waals surface area contributed by atoms with E-state index >= 15 is 0 Å². The first-order chi connectivity index (χ1) is 20.3. The minimum atomic E-state index is -0.785. The zero-order valence-electron chi connectivity index (χ0n) is 27.2. The second kappa shape index (κ2) is 15.9. The van der Waals surface area contributed by atoms with Crippen LogP contribution in [-0.2, 0) is 22.3 Å². The Morgan fingerprint density at radius 3 is 2.14 bits per heavy atom. The van der Waals surface area contributed by atoms with Crippen molar-refractivity contribution in [1.82, 2.24) is 20.4 Å². The van der Waals surface area contributed by atoms with Gasteiger partial charge in [0.2, 0.25) is 17.7 Å². The number of hydrogen-bond donors (Lipinski definition) is 1. The molecule has 2 amide bonds. The molecular formula is C33H51N5O5. The van der Waals surface area contributed by atoms with Gasteiger partial charge in [-0.3, -0.25) is 5.32 Å². The van der Waals surface area contributed by atoms with Gasteiger partial charge in [0.05, 0.1) is 0 Å². The van der Waals surface area contributed by atoms with Gasteiger partial charge >= 0.3 is 12.2 Å². The van der Waals surface area contributed by atoms with E-state index in [9.17, 15) is 9.59 Å². The zero-order valence-corrected chi connectivity index (χ0v) is 27.2. The van der Waals surface area contributed by atoms with Gasteiger partial charge in [0.15, 0.2) is 0 Å². The van der Waals surface area contributed by atoms with Crippen molar-refractivity contribution < 1.29 is 23.6 Å². The number of unbranched alkanes of at least 4 members (excludes halogenated alkanes) is 7. The number of guanidine groups is 1. The molecule has 0 aliphatic carbocycles. The summed E-state index contributed by atoms with van der Waals surface area (Å²) in [6.45, 7) is 13.9. The molecule has 10 heteroatoms. The molecule has 1 aromatic carbocycles. The number of hydrogen-bond acceptors (Lipinski definition) is 7. The lowest BCUT2D eigenvalue weighted by Crippen LogP contribution is -2.57.